The van der Waals surface area contributed by atoms with Crippen LogP contribution >= 0.6 is 38.5 Å². The molecule has 1 rings (SSSR count). The number of hydrogen-bond acceptors (Lipinski definition) is 2. The highest BCUT2D eigenvalue weighted by Gasteiger charge is 2.13. The Balaban J connectivity index is 3.20. The molecule has 72 valence electrons. The second kappa shape index (κ2) is 4.50. The predicted molar refractivity (Wildman–Crippen MR) is 59.0 cm³/mol. The Morgan fingerprint density at radius 1 is 1.62 bits per heavy atom. The average Bonchev–Trinajstić information content (AvgIpc) is 2.03. The van der Waals surface area contributed by atoms with Gasteiger partial charge in [0.2, 0.25) is 0 Å². The molecule has 0 unspecified atom stereocenters. The zero-order valence-electron chi connectivity index (χ0n) is 6.40. The van der Waals surface area contributed by atoms with Gasteiger partial charge in [-0.25, -0.2) is 13.8 Å². The van der Waals surface area contributed by atoms with E-state index >= 15 is 0 Å². The molecule has 0 radical (unpaired) electrons. The van der Waals surface area contributed by atoms with Gasteiger partial charge in [0.1, 0.15) is 9.39 Å². The maximum absolute atomic E-state index is 12.2. The van der Waals surface area contributed by atoms with Crippen LogP contribution in [0.2, 0.25) is 0 Å². The second-order valence-corrected chi connectivity index (χ2v) is 3.92. The normalized spacial score (nSPS) is 10.8. The molecule has 0 amide bonds. The van der Waals surface area contributed by atoms with E-state index in [1.54, 1.807) is 0 Å². The van der Waals surface area contributed by atoms with E-state index in [0.29, 0.717) is 14.7 Å². The number of pyridine rings is 1. The lowest BCUT2D eigenvalue weighted by molar-refractivity contribution is 0.146. The van der Waals surface area contributed by atoms with E-state index in [4.69, 9.17) is 5.73 Å². The number of aromatic nitrogens is 1. The number of nitrogens with zero attached hydrogens (tertiary/aromatic N) is 1. The lowest BCUT2D eigenvalue weighted by Crippen LogP contribution is -2.02. The van der Waals surface area contributed by atoms with Crippen molar-refractivity contribution in [2.45, 2.75) is 11.8 Å². The van der Waals surface area contributed by atoms with Crippen molar-refractivity contribution in [2.75, 3.05) is 5.73 Å². The summed E-state index contributed by atoms with van der Waals surface area (Å²) < 4.78 is 25.0. The van der Waals surface area contributed by atoms with Gasteiger partial charge in [0.15, 0.2) is 0 Å². The Kier molecular flexibility index (Phi) is 3.84. The summed E-state index contributed by atoms with van der Waals surface area (Å²) in [6.07, 6.45) is -2.57. The molecule has 1 heterocycles. The van der Waals surface area contributed by atoms with Gasteiger partial charge in [-0.1, -0.05) is 15.9 Å². The summed E-state index contributed by atoms with van der Waals surface area (Å²) in [5, 5.41) is 0.521. The smallest absolute Gasteiger partial charge is 0.280 e. The molecule has 1 aromatic rings. The number of hydrogen-bond donors (Lipinski definition) is 1. The maximum atomic E-state index is 12.2. The Morgan fingerprint density at radius 3 is 2.62 bits per heavy atom. The molecule has 0 spiro atoms. The Morgan fingerprint density at radius 2 is 2.23 bits per heavy atom. The van der Waals surface area contributed by atoms with Gasteiger partial charge in [-0.2, -0.15) is 0 Å². The highest BCUT2D eigenvalue weighted by atomic mass is 127. The van der Waals surface area contributed by atoms with Crippen molar-refractivity contribution in [3.05, 3.63) is 21.0 Å². The monoisotopic (exact) mass is 362 g/mol. The fourth-order valence-corrected chi connectivity index (χ4v) is 2.72. The topological polar surface area (TPSA) is 38.9 Å². The first-order valence-electron chi connectivity index (χ1n) is 3.35. The van der Waals surface area contributed by atoms with Crippen LogP contribution in [0.3, 0.4) is 0 Å². The van der Waals surface area contributed by atoms with E-state index in [0.717, 1.165) is 5.56 Å². The van der Waals surface area contributed by atoms with Crippen molar-refractivity contribution in [1.29, 1.82) is 0 Å². The molecule has 0 bridgehead atoms. The number of rotatable bonds is 2. The highest BCUT2D eigenvalue weighted by molar-refractivity contribution is 14.1. The summed E-state index contributed by atoms with van der Waals surface area (Å²) in [5.41, 5.74) is 6.40. The lowest BCUT2D eigenvalue weighted by atomic mass is 10.2. The van der Waals surface area contributed by atoms with Crippen LogP contribution in [-0.4, -0.2) is 4.98 Å². The largest absolute Gasteiger partial charge is 0.398 e. The zero-order valence-corrected chi connectivity index (χ0v) is 10.1. The second-order valence-electron chi connectivity index (χ2n) is 2.34. The van der Waals surface area contributed by atoms with E-state index in [-0.39, 0.29) is 5.69 Å². The van der Waals surface area contributed by atoms with Crippen LogP contribution in [0.4, 0.5) is 14.5 Å². The van der Waals surface area contributed by atoms with Gasteiger partial charge < -0.3 is 5.73 Å². The summed E-state index contributed by atoms with van der Waals surface area (Å²) in [4.78, 5) is 3.73. The molecule has 0 aliphatic heterocycles. The van der Waals surface area contributed by atoms with Crippen LogP contribution in [0.25, 0.3) is 0 Å². The Hall–Kier alpha value is 0.0200. The number of nitrogens with two attached hydrogens (primary N) is 1. The van der Waals surface area contributed by atoms with E-state index in [9.17, 15) is 8.78 Å². The molecule has 0 aliphatic carbocycles. The minimum atomic E-state index is -2.57. The van der Waals surface area contributed by atoms with Crippen LogP contribution in [0.1, 0.15) is 17.7 Å². The van der Waals surface area contributed by atoms with Crippen molar-refractivity contribution in [1.82, 2.24) is 4.98 Å². The third-order valence-corrected chi connectivity index (χ3v) is 2.94. The van der Waals surface area contributed by atoms with Crippen LogP contribution < -0.4 is 5.73 Å². The van der Waals surface area contributed by atoms with Crippen LogP contribution in [0, 0.1) is 3.70 Å². The van der Waals surface area contributed by atoms with Crippen molar-refractivity contribution in [3.63, 3.8) is 0 Å². The summed E-state index contributed by atoms with van der Waals surface area (Å²) in [5.74, 6) is 0. The van der Waals surface area contributed by atoms with Crippen LogP contribution in [0.15, 0.2) is 6.07 Å². The maximum Gasteiger partial charge on any atom is 0.280 e. The van der Waals surface area contributed by atoms with E-state index in [2.05, 4.69) is 20.9 Å². The van der Waals surface area contributed by atoms with Gasteiger partial charge in [-0.3, -0.25) is 0 Å². The van der Waals surface area contributed by atoms with Gasteiger partial charge in [0.05, 0.1) is 0 Å². The summed E-state index contributed by atoms with van der Waals surface area (Å²) >= 11 is 5.10. The van der Waals surface area contributed by atoms with E-state index in [1.165, 1.54) is 6.07 Å². The molecule has 13 heavy (non-hydrogen) atoms. The molecule has 0 fully saturated rings. The van der Waals surface area contributed by atoms with Gasteiger partial charge in [0, 0.05) is 16.6 Å². The first-order chi connectivity index (χ1) is 6.06. The summed E-state index contributed by atoms with van der Waals surface area (Å²) in [6.45, 7) is 0. The zero-order chi connectivity index (χ0) is 10.0. The molecule has 2 nitrogen and oxygen atoms in total. The first kappa shape index (κ1) is 11.1. The van der Waals surface area contributed by atoms with Crippen LogP contribution in [-0.2, 0) is 5.33 Å². The molecule has 6 heteroatoms. The summed E-state index contributed by atoms with van der Waals surface area (Å²) in [6, 6.07) is 1.21. The van der Waals surface area contributed by atoms with Crippen molar-refractivity contribution in [3.8, 4) is 0 Å². The van der Waals surface area contributed by atoms with Crippen molar-refractivity contribution in [2.24, 2.45) is 0 Å². The van der Waals surface area contributed by atoms with E-state index < -0.39 is 6.43 Å². The van der Waals surface area contributed by atoms with Crippen molar-refractivity contribution >= 4 is 44.2 Å². The standard InChI is InChI=1S/C7H6BrF2IN2/c8-2-3-4(12)1-5(6(9)10)13-7(3)11/h1,6H,2H2,(H2,12,13). The molecule has 0 atom stereocenters. The highest BCUT2D eigenvalue weighted by Crippen LogP contribution is 2.25. The minimum absolute atomic E-state index is 0.272. The summed E-state index contributed by atoms with van der Waals surface area (Å²) in [7, 11) is 0. The quantitative estimate of drug-likeness (QED) is 0.499. The Bertz CT molecular complexity index is 296. The van der Waals surface area contributed by atoms with Gasteiger partial charge in [-0.15, -0.1) is 0 Å². The van der Waals surface area contributed by atoms with Gasteiger partial charge in [-0.05, 0) is 28.7 Å². The Labute approximate surface area is 96.2 Å². The molecule has 0 saturated carbocycles. The van der Waals surface area contributed by atoms with Crippen molar-refractivity contribution < 1.29 is 8.78 Å². The van der Waals surface area contributed by atoms with E-state index in [1.807, 2.05) is 22.6 Å². The molecule has 2 N–H and O–H groups in total. The molecule has 0 aliphatic rings. The molecule has 0 saturated heterocycles. The number of alkyl halides is 3. The fourth-order valence-electron chi connectivity index (χ4n) is 0.823. The minimum Gasteiger partial charge on any atom is -0.398 e. The van der Waals surface area contributed by atoms with Gasteiger partial charge >= 0.3 is 0 Å². The third-order valence-electron chi connectivity index (χ3n) is 1.49. The fraction of sp³-hybridized carbons (Fsp3) is 0.286. The molecule has 1 aromatic heterocycles. The number of nitrogen functional groups attached to an aromatic ring is 1. The predicted octanol–water partition coefficient (Wildman–Crippen LogP) is 3.10. The third kappa shape index (κ3) is 2.49. The average molecular weight is 363 g/mol. The molecular weight excluding hydrogens is 357 g/mol. The lowest BCUT2D eigenvalue weighted by Gasteiger charge is -2.07. The van der Waals surface area contributed by atoms with Gasteiger partial charge in [0.25, 0.3) is 6.43 Å². The molecule has 0 aromatic carbocycles. The SMILES string of the molecule is Nc1cc(C(F)F)nc(I)c1CBr. The molecular formula is C7H6BrF2IN2. The number of anilines is 1. The first-order valence-corrected chi connectivity index (χ1v) is 5.55. The van der Waals surface area contributed by atoms with Crippen LogP contribution in [0.5, 0.6) is 0 Å². The number of halogens is 4.